The summed E-state index contributed by atoms with van der Waals surface area (Å²) in [5, 5.41) is 7.47. The topological polar surface area (TPSA) is 136 Å². The lowest BCUT2D eigenvalue weighted by molar-refractivity contribution is -0.138. The van der Waals surface area contributed by atoms with Gasteiger partial charge in [0.25, 0.3) is 0 Å². The molecule has 37 heavy (non-hydrogen) atoms. The molecule has 0 radical (unpaired) electrons. The van der Waals surface area contributed by atoms with Gasteiger partial charge in [0.2, 0.25) is 11.8 Å². The molecule has 6 N–H and O–H groups in total. The lowest BCUT2D eigenvalue weighted by Crippen LogP contribution is -2.46. The van der Waals surface area contributed by atoms with Crippen molar-refractivity contribution in [3.8, 4) is 0 Å². The lowest BCUT2D eigenvalue weighted by Gasteiger charge is -2.31. The number of benzene rings is 2. The Morgan fingerprint density at radius 2 is 1.14 bits per heavy atom. The van der Waals surface area contributed by atoms with Crippen molar-refractivity contribution < 1.29 is 9.59 Å². The number of amides is 2. The molecule has 0 saturated carbocycles. The van der Waals surface area contributed by atoms with E-state index in [-0.39, 0.29) is 11.8 Å². The summed E-state index contributed by atoms with van der Waals surface area (Å²) in [4.78, 5) is 36.6. The maximum atomic E-state index is 13.8. The number of pyridine rings is 2. The number of nitrogen functional groups attached to an aromatic ring is 2. The average Bonchev–Trinajstić information content (AvgIpc) is 2.84. The van der Waals surface area contributed by atoms with Crippen LogP contribution in [0, 0.1) is 19.3 Å². The number of aromatic nitrogens is 2. The van der Waals surface area contributed by atoms with Crippen molar-refractivity contribution in [2.75, 3.05) is 22.1 Å². The van der Waals surface area contributed by atoms with Crippen molar-refractivity contribution in [2.45, 2.75) is 53.4 Å². The van der Waals surface area contributed by atoms with Crippen molar-refractivity contribution in [3.63, 3.8) is 0 Å². The largest absolute Gasteiger partial charge is 0.398 e. The van der Waals surface area contributed by atoms with Crippen LogP contribution >= 0.6 is 0 Å². The summed E-state index contributed by atoms with van der Waals surface area (Å²) < 4.78 is 0. The number of carbonyl (C=O) groups excluding carboxylic acids is 2. The normalized spacial score (nSPS) is 11.6. The molecule has 0 aliphatic carbocycles. The Bertz CT molecular complexity index is 1380. The maximum Gasteiger partial charge on any atom is 0.240 e. The summed E-state index contributed by atoms with van der Waals surface area (Å²) in [7, 11) is 0. The number of nitrogens with one attached hydrogen (secondary N) is 2. The number of nitrogens with two attached hydrogens (primary N) is 2. The molecule has 8 heteroatoms. The van der Waals surface area contributed by atoms with Gasteiger partial charge in [-0.25, -0.2) is 0 Å². The molecule has 0 bridgehead atoms. The fourth-order valence-corrected chi connectivity index (χ4v) is 4.97. The van der Waals surface area contributed by atoms with E-state index in [1.54, 1.807) is 36.4 Å². The van der Waals surface area contributed by atoms with Gasteiger partial charge in [0.05, 0.1) is 11.0 Å². The highest BCUT2D eigenvalue weighted by atomic mass is 16.2. The number of carbonyl (C=O) groups is 2. The van der Waals surface area contributed by atoms with E-state index in [0.29, 0.717) is 48.4 Å². The highest BCUT2D eigenvalue weighted by molar-refractivity contribution is 6.15. The molecule has 2 amide bonds. The Morgan fingerprint density at radius 1 is 0.730 bits per heavy atom. The number of nitrogens with zero attached hydrogens (tertiary/aromatic N) is 2. The van der Waals surface area contributed by atoms with Crippen LogP contribution in [-0.2, 0) is 9.59 Å². The Hall–Kier alpha value is -4.20. The van der Waals surface area contributed by atoms with Crippen LogP contribution < -0.4 is 22.1 Å². The molecule has 8 nitrogen and oxygen atoms in total. The standard InChI is InChI=1S/C29H34N6O2/c1-5-11-29(12-6-2,27(36)34-19-7-9-25-21(15-19)23(30)13-17(3)32-25)28(37)35-20-8-10-26-22(16-20)24(31)14-18(4)33-26/h7-10,13-16H,5-6,11-12H2,1-4H3,(H2,30,32)(H2,31,33)(H,34,36)(H,35,37). The molecule has 0 aliphatic heterocycles. The Morgan fingerprint density at radius 3 is 1.51 bits per heavy atom. The fourth-order valence-electron chi connectivity index (χ4n) is 4.97. The number of hydrogen-bond acceptors (Lipinski definition) is 6. The van der Waals surface area contributed by atoms with Crippen molar-refractivity contribution in [3.05, 3.63) is 59.9 Å². The average molecular weight is 499 g/mol. The second-order valence-electron chi connectivity index (χ2n) is 9.66. The van der Waals surface area contributed by atoms with Crippen LogP contribution in [0.3, 0.4) is 0 Å². The first-order valence-corrected chi connectivity index (χ1v) is 12.6. The summed E-state index contributed by atoms with van der Waals surface area (Å²) in [5.41, 5.74) is 16.6. The number of rotatable bonds is 8. The monoisotopic (exact) mass is 498 g/mol. The van der Waals surface area contributed by atoms with Gasteiger partial charge in [0.15, 0.2) is 0 Å². The van der Waals surface area contributed by atoms with Gasteiger partial charge in [-0.3, -0.25) is 19.6 Å². The van der Waals surface area contributed by atoms with E-state index < -0.39 is 5.41 Å². The third-order valence-electron chi connectivity index (χ3n) is 6.68. The highest BCUT2D eigenvalue weighted by Gasteiger charge is 2.44. The lowest BCUT2D eigenvalue weighted by atomic mass is 9.77. The Labute approximate surface area is 216 Å². The van der Waals surface area contributed by atoms with Crippen LogP contribution in [-0.4, -0.2) is 21.8 Å². The Kier molecular flexibility index (Phi) is 7.29. The van der Waals surface area contributed by atoms with E-state index in [1.165, 1.54) is 0 Å². The summed E-state index contributed by atoms with van der Waals surface area (Å²) in [5.74, 6) is -0.687. The third kappa shape index (κ3) is 5.18. The highest BCUT2D eigenvalue weighted by Crippen LogP contribution is 2.35. The van der Waals surface area contributed by atoms with Crippen LogP contribution in [0.5, 0.6) is 0 Å². The third-order valence-corrected chi connectivity index (χ3v) is 6.68. The van der Waals surface area contributed by atoms with Crippen LogP contribution in [0.25, 0.3) is 21.8 Å². The number of anilines is 4. The zero-order valence-corrected chi connectivity index (χ0v) is 21.8. The SMILES string of the molecule is CCCC(CCC)(C(=O)Nc1ccc2nc(C)cc(N)c2c1)C(=O)Nc1ccc2nc(C)cc(N)c2c1. The molecule has 2 aromatic heterocycles. The predicted octanol–water partition coefficient (Wildman–Crippen LogP) is 5.73. The van der Waals surface area contributed by atoms with Gasteiger partial charge in [-0.1, -0.05) is 26.7 Å². The summed E-state index contributed by atoms with van der Waals surface area (Å²) >= 11 is 0. The maximum absolute atomic E-state index is 13.8. The van der Waals surface area contributed by atoms with Crippen LogP contribution in [0.2, 0.25) is 0 Å². The molecule has 4 aromatic rings. The predicted molar refractivity (Wildman–Crippen MR) is 151 cm³/mol. The fraction of sp³-hybridized carbons (Fsp3) is 0.310. The molecule has 2 heterocycles. The van der Waals surface area contributed by atoms with Gasteiger partial charge in [-0.2, -0.15) is 0 Å². The molecule has 2 aromatic carbocycles. The van der Waals surface area contributed by atoms with Gasteiger partial charge in [-0.05, 0) is 75.2 Å². The number of hydrogen-bond donors (Lipinski definition) is 4. The molecule has 0 saturated heterocycles. The molecular formula is C29H34N6O2. The number of aryl methyl sites for hydroxylation is 2. The summed E-state index contributed by atoms with van der Waals surface area (Å²) in [6, 6.07) is 14.4. The molecule has 192 valence electrons. The zero-order chi connectivity index (χ0) is 26.7. The quantitative estimate of drug-likeness (QED) is 0.229. The minimum Gasteiger partial charge on any atom is -0.398 e. The van der Waals surface area contributed by atoms with Crippen molar-refractivity contribution in [2.24, 2.45) is 5.41 Å². The first kappa shape index (κ1) is 25.9. The van der Waals surface area contributed by atoms with Gasteiger partial charge < -0.3 is 22.1 Å². The molecule has 0 fully saturated rings. The van der Waals surface area contributed by atoms with E-state index in [2.05, 4.69) is 20.6 Å². The first-order chi connectivity index (χ1) is 17.7. The van der Waals surface area contributed by atoms with Crippen LogP contribution in [0.15, 0.2) is 48.5 Å². The molecule has 0 unspecified atom stereocenters. The molecule has 0 aliphatic rings. The van der Waals surface area contributed by atoms with Crippen molar-refractivity contribution >= 4 is 56.4 Å². The minimum atomic E-state index is -1.25. The molecule has 0 spiro atoms. The second kappa shape index (κ2) is 10.4. The Balaban J connectivity index is 1.65. The van der Waals surface area contributed by atoms with E-state index in [9.17, 15) is 9.59 Å². The van der Waals surface area contributed by atoms with Crippen LogP contribution in [0.4, 0.5) is 22.7 Å². The van der Waals surface area contributed by atoms with Gasteiger partial charge in [0, 0.05) is 44.9 Å². The van der Waals surface area contributed by atoms with E-state index in [0.717, 1.165) is 33.2 Å². The number of fused-ring (bicyclic) bond motifs is 2. The van der Waals surface area contributed by atoms with Crippen LogP contribution in [0.1, 0.15) is 50.9 Å². The minimum absolute atomic E-state index is 0.343. The summed E-state index contributed by atoms with van der Waals surface area (Å²) in [6.07, 6.45) is 2.15. The van der Waals surface area contributed by atoms with Crippen molar-refractivity contribution in [1.82, 2.24) is 9.97 Å². The second-order valence-corrected chi connectivity index (χ2v) is 9.66. The summed E-state index contributed by atoms with van der Waals surface area (Å²) in [6.45, 7) is 7.71. The molecule has 4 rings (SSSR count). The van der Waals surface area contributed by atoms with Gasteiger partial charge >= 0.3 is 0 Å². The van der Waals surface area contributed by atoms with Gasteiger partial charge in [0.1, 0.15) is 5.41 Å². The zero-order valence-electron chi connectivity index (χ0n) is 21.8. The van der Waals surface area contributed by atoms with E-state index >= 15 is 0 Å². The molecule has 0 atom stereocenters. The van der Waals surface area contributed by atoms with Gasteiger partial charge in [-0.15, -0.1) is 0 Å². The van der Waals surface area contributed by atoms with E-state index in [4.69, 9.17) is 11.5 Å². The smallest absolute Gasteiger partial charge is 0.240 e. The first-order valence-electron chi connectivity index (χ1n) is 12.6. The van der Waals surface area contributed by atoms with E-state index in [1.807, 2.05) is 39.8 Å². The van der Waals surface area contributed by atoms with Crippen molar-refractivity contribution in [1.29, 1.82) is 0 Å². The molecular weight excluding hydrogens is 464 g/mol.